The van der Waals surface area contributed by atoms with Gasteiger partial charge < -0.3 is 10.5 Å². The molecule has 1 aromatic rings. The highest BCUT2D eigenvalue weighted by Crippen LogP contribution is 2.18. The fourth-order valence-electron chi connectivity index (χ4n) is 1.17. The van der Waals surface area contributed by atoms with Gasteiger partial charge in [-0.15, -0.1) is 5.10 Å². The zero-order chi connectivity index (χ0) is 10.6. The van der Waals surface area contributed by atoms with Crippen molar-refractivity contribution in [1.29, 1.82) is 0 Å². The van der Waals surface area contributed by atoms with Gasteiger partial charge in [0.1, 0.15) is 0 Å². The fraction of sp³-hybridized carbons (Fsp3) is 0.750. The minimum Gasteiger partial charge on any atom is -0.379 e. The Hall–Kier alpha value is -0.460. The molecular formula is C8H15BrN4O. The van der Waals surface area contributed by atoms with E-state index in [2.05, 4.69) is 33.2 Å². The molecule has 80 valence electrons. The molecule has 0 amide bonds. The van der Waals surface area contributed by atoms with E-state index >= 15 is 0 Å². The van der Waals surface area contributed by atoms with Crippen LogP contribution in [-0.4, -0.2) is 28.2 Å². The van der Waals surface area contributed by atoms with Gasteiger partial charge in [0.25, 0.3) is 0 Å². The van der Waals surface area contributed by atoms with Crippen molar-refractivity contribution < 1.29 is 4.74 Å². The van der Waals surface area contributed by atoms with Crippen molar-refractivity contribution in [2.75, 3.05) is 13.2 Å². The van der Waals surface area contributed by atoms with E-state index in [0.29, 0.717) is 11.2 Å². The molecule has 2 N–H and O–H groups in total. The second kappa shape index (κ2) is 5.43. The van der Waals surface area contributed by atoms with Crippen molar-refractivity contribution in [2.24, 2.45) is 12.8 Å². The SMILES string of the molecule is CCCOCC(N)c1c(Br)nnn1C. The third kappa shape index (κ3) is 2.76. The van der Waals surface area contributed by atoms with Crippen LogP contribution in [-0.2, 0) is 11.8 Å². The molecule has 1 aromatic heterocycles. The Kier molecular flexibility index (Phi) is 4.50. The van der Waals surface area contributed by atoms with Gasteiger partial charge in [0, 0.05) is 13.7 Å². The minimum atomic E-state index is -0.184. The zero-order valence-electron chi connectivity index (χ0n) is 8.40. The van der Waals surface area contributed by atoms with Gasteiger partial charge in [0.15, 0.2) is 4.60 Å². The van der Waals surface area contributed by atoms with Crippen LogP contribution in [0.25, 0.3) is 0 Å². The molecule has 1 unspecified atom stereocenters. The van der Waals surface area contributed by atoms with E-state index in [-0.39, 0.29) is 6.04 Å². The average molecular weight is 263 g/mol. The molecule has 14 heavy (non-hydrogen) atoms. The fourth-order valence-corrected chi connectivity index (χ4v) is 1.79. The van der Waals surface area contributed by atoms with Crippen LogP contribution in [0.1, 0.15) is 25.1 Å². The maximum atomic E-state index is 5.93. The van der Waals surface area contributed by atoms with Gasteiger partial charge in [-0.25, -0.2) is 4.68 Å². The number of aryl methyl sites for hydroxylation is 1. The van der Waals surface area contributed by atoms with Crippen LogP contribution in [0.2, 0.25) is 0 Å². The van der Waals surface area contributed by atoms with E-state index in [9.17, 15) is 0 Å². The molecule has 1 atom stereocenters. The number of ether oxygens (including phenoxy) is 1. The molecule has 5 nitrogen and oxygen atoms in total. The molecule has 1 rings (SSSR count). The Morgan fingerprint density at radius 1 is 1.64 bits per heavy atom. The Bertz CT molecular complexity index is 269. The second-order valence-electron chi connectivity index (χ2n) is 3.07. The van der Waals surface area contributed by atoms with Crippen LogP contribution < -0.4 is 5.73 Å². The molecular weight excluding hydrogens is 248 g/mol. The molecule has 0 radical (unpaired) electrons. The quantitative estimate of drug-likeness (QED) is 0.805. The molecule has 6 heteroatoms. The lowest BCUT2D eigenvalue weighted by Gasteiger charge is -2.11. The summed E-state index contributed by atoms with van der Waals surface area (Å²) in [4.78, 5) is 0. The number of rotatable bonds is 5. The molecule has 0 bridgehead atoms. The van der Waals surface area contributed by atoms with Gasteiger partial charge >= 0.3 is 0 Å². The molecule has 0 aliphatic rings. The van der Waals surface area contributed by atoms with Gasteiger partial charge in [0.05, 0.1) is 18.3 Å². The van der Waals surface area contributed by atoms with Crippen molar-refractivity contribution in [1.82, 2.24) is 15.0 Å². The van der Waals surface area contributed by atoms with Crippen molar-refractivity contribution in [3.63, 3.8) is 0 Å². The van der Waals surface area contributed by atoms with E-state index in [1.807, 2.05) is 7.05 Å². The lowest BCUT2D eigenvalue weighted by atomic mass is 10.2. The normalized spacial score (nSPS) is 13.1. The maximum absolute atomic E-state index is 5.93. The third-order valence-corrected chi connectivity index (χ3v) is 2.39. The first-order valence-electron chi connectivity index (χ1n) is 4.55. The molecule has 0 spiro atoms. The van der Waals surface area contributed by atoms with E-state index < -0.39 is 0 Å². The lowest BCUT2D eigenvalue weighted by molar-refractivity contribution is 0.119. The molecule has 0 aromatic carbocycles. The molecule has 0 fully saturated rings. The summed E-state index contributed by atoms with van der Waals surface area (Å²) in [6.45, 7) is 3.29. The summed E-state index contributed by atoms with van der Waals surface area (Å²) in [5.74, 6) is 0. The predicted octanol–water partition coefficient (Wildman–Crippen LogP) is 1.00. The Labute approximate surface area is 91.7 Å². The number of aromatic nitrogens is 3. The summed E-state index contributed by atoms with van der Waals surface area (Å²) >= 11 is 3.30. The summed E-state index contributed by atoms with van der Waals surface area (Å²) in [5, 5.41) is 7.71. The highest BCUT2D eigenvalue weighted by atomic mass is 79.9. The van der Waals surface area contributed by atoms with Crippen LogP contribution >= 0.6 is 15.9 Å². The van der Waals surface area contributed by atoms with Gasteiger partial charge in [-0.2, -0.15) is 0 Å². The average Bonchev–Trinajstić information content (AvgIpc) is 2.46. The van der Waals surface area contributed by atoms with Crippen LogP contribution in [0, 0.1) is 0 Å². The number of halogens is 1. The van der Waals surface area contributed by atoms with E-state index in [1.165, 1.54) is 0 Å². The topological polar surface area (TPSA) is 66.0 Å². The standard InChI is InChI=1S/C8H15BrN4O/c1-3-4-14-5-6(10)7-8(9)11-12-13(7)2/h6H,3-5,10H2,1-2H3. The monoisotopic (exact) mass is 262 g/mol. The smallest absolute Gasteiger partial charge is 0.153 e. The van der Waals surface area contributed by atoms with Crippen molar-refractivity contribution in [3.8, 4) is 0 Å². The highest BCUT2D eigenvalue weighted by molar-refractivity contribution is 9.10. The maximum Gasteiger partial charge on any atom is 0.153 e. The van der Waals surface area contributed by atoms with Gasteiger partial charge in [-0.1, -0.05) is 12.1 Å². The predicted molar refractivity (Wildman–Crippen MR) is 56.7 cm³/mol. The van der Waals surface area contributed by atoms with Crippen molar-refractivity contribution >= 4 is 15.9 Å². The molecule has 0 saturated carbocycles. The van der Waals surface area contributed by atoms with Gasteiger partial charge in [0.2, 0.25) is 0 Å². The summed E-state index contributed by atoms with van der Waals surface area (Å²) in [7, 11) is 1.81. The largest absolute Gasteiger partial charge is 0.379 e. The van der Waals surface area contributed by atoms with Crippen LogP contribution in [0.3, 0.4) is 0 Å². The second-order valence-corrected chi connectivity index (χ2v) is 3.82. The lowest BCUT2D eigenvalue weighted by Crippen LogP contribution is -2.20. The number of hydrogen-bond acceptors (Lipinski definition) is 4. The van der Waals surface area contributed by atoms with Gasteiger partial charge in [-0.05, 0) is 22.4 Å². The first-order valence-corrected chi connectivity index (χ1v) is 5.34. The highest BCUT2D eigenvalue weighted by Gasteiger charge is 2.15. The number of nitrogens with zero attached hydrogens (tertiary/aromatic N) is 3. The minimum absolute atomic E-state index is 0.184. The first-order chi connectivity index (χ1) is 6.66. The summed E-state index contributed by atoms with van der Waals surface area (Å²) in [6.07, 6.45) is 0.998. The van der Waals surface area contributed by atoms with Crippen LogP contribution in [0.5, 0.6) is 0 Å². The molecule has 0 aliphatic carbocycles. The van der Waals surface area contributed by atoms with Crippen LogP contribution in [0.4, 0.5) is 0 Å². The molecule has 0 aliphatic heterocycles. The third-order valence-electron chi connectivity index (χ3n) is 1.82. The van der Waals surface area contributed by atoms with E-state index in [0.717, 1.165) is 18.7 Å². The summed E-state index contributed by atoms with van der Waals surface area (Å²) in [5.41, 5.74) is 6.79. The summed E-state index contributed by atoms with van der Waals surface area (Å²) in [6, 6.07) is -0.184. The van der Waals surface area contributed by atoms with Gasteiger partial charge in [-0.3, -0.25) is 0 Å². The van der Waals surface area contributed by atoms with Crippen LogP contribution in [0.15, 0.2) is 4.60 Å². The van der Waals surface area contributed by atoms with Crippen molar-refractivity contribution in [3.05, 3.63) is 10.3 Å². The zero-order valence-corrected chi connectivity index (χ0v) is 9.99. The van der Waals surface area contributed by atoms with E-state index in [4.69, 9.17) is 10.5 Å². The van der Waals surface area contributed by atoms with Crippen molar-refractivity contribution in [2.45, 2.75) is 19.4 Å². The first kappa shape index (κ1) is 11.6. The molecule has 0 saturated heterocycles. The number of nitrogens with two attached hydrogens (primary N) is 1. The Morgan fingerprint density at radius 2 is 2.36 bits per heavy atom. The molecule has 1 heterocycles. The Morgan fingerprint density at radius 3 is 2.86 bits per heavy atom. The number of hydrogen-bond donors (Lipinski definition) is 1. The van der Waals surface area contributed by atoms with E-state index in [1.54, 1.807) is 4.68 Å². The summed E-state index contributed by atoms with van der Waals surface area (Å²) < 4.78 is 7.71. The Balaban J connectivity index is 2.55.